The Bertz CT molecular complexity index is 876. The van der Waals surface area contributed by atoms with Gasteiger partial charge in [0, 0.05) is 38.2 Å². The van der Waals surface area contributed by atoms with Crippen molar-refractivity contribution in [3.05, 3.63) is 59.7 Å². The van der Waals surface area contributed by atoms with E-state index >= 15 is 0 Å². The Morgan fingerprint density at radius 3 is 2.59 bits per heavy atom. The summed E-state index contributed by atoms with van der Waals surface area (Å²) in [5.74, 6) is 0.0969. The van der Waals surface area contributed by atoms with Crippen LogP contribution in [0.3, 0.4) is 0 Å². The topological polar surface area (TPSA) is 85.6 Å². The summed E-state index contributed by atoms with van der Waals surface area (Å²) < 4.78 is 4.97. The Morgan fingerprint density at radius 2 is 1.97 bits per heavy atom. The van der Waals surface area contributed by atoms with E-state index in [1.165, 1.54) is 7.11 Å². The molecule has 0 radical (unpaired) electrons. The van der Waals surface area contributed by atoms with Crippen molar-refractivity contribution >= 4 is 5.91 Å². The number of aliphatic hydroxyl groups excluding tert-OH is 1. The van der Waals surface area contributed by atoms with E-state index in [9.17, 15) is 9.90 Å². The normalized spacial score (nSPS) is 20.6. The van der Waals surface area contributed by atoms with Crippen LogP contribution in [0, 0.1) is 11.3 Å². The first kappa shape index (κ1) is 21.0. The number of nitrogens with zero attached hydrogens (tertiary/aromatic N) is 2. The van der Waals surface area contributed by atoms with Crippen molar-refractivity contribution in [2.24, 2.45) is 0 Å². The number of aliphatic hydroxyl groups is 1. The molecular formula is C23H27N3O3. The number of hydrogen-bond donors (Lipinski definition) is 2. The first-order chi connectivity index (χ1) is 14.1. The first-order valence-electron chi connectivity index (χ1n) is 9.85. The summed E-state index contributed by atoms with van der Waals surface area (Å²) in [5.41, 5.74) is 3.80. The zero-order chi connectivity index (χ0) is 20.8. The lowest BCUT2D eigenvalue weighted by molar-refractivity contribution is -0.135. The van der Waals surface area contributed by atoms with E-state index in [-0.39, 0.29) is 37.1 Å². The van der Waals surface area contributed by atoms with Gasteiger partial charge in [-0.05, 0) is 35.7 Å². The largest absolute Gasteiger partial charge is 0.395 e. The molecule has 0 saturated carbocycles. The Balaban J connectivity index is 1.76. The molecule has 2 aromatic rings. The monoisotopic (exact) mass is 393 g/mol. The van der Waals surface area contributed by atoms with Crippen LogP contribution in [0.2, 0.25) is 0 Å². The van der Waals surface area contributed by atoms with Gasteiger partial charge in [-0.1, -0.05) is 36.4 Å². The second-order valence-electron chi connectivity index (χ2n) is 7.27. The van der Waals surface area contributed by atoms with E-state index in [0.29, 0.717) is 18.7 Å². The molecule has 0 bridgehead atoms. The van der Waals surface area contributed by atoms with Gasteiger partial charge in [0.1, 0.15) is 6.61 Å². The Kier molecular flexibility index (Phi) is 6.99. The average Bonchev–Trinajstić information content (AvgIpc) is 2.74. The summed E-state index contributed by atoms with van der Waals surface area (Å²) in [6.07, 6.45) is 0. The van der Waals surface area contributed by atoms with Gasteiger partial charge >= 0.3 is 0 Å². The molecule has 0 aliphatic carbocycles. The van der Waals surface area contributed by atoms with E-state index in [1.807, 2.05) is 37.3 Å². The molecule has 1 saturated heterocycles. The van der Waals surface area contributed by atoms with Crippen molar-refractivity contribution in [1.29, 1.82) is 5.26 Å². The van der Waals surface area contributed by atoms with Crippen LogP contribution in [0.4, 0.5) is 0 Å². The quantitative estimate of drug-likeness (QED) is 0.718. The van der Waals surface area contributed by atoms with Gasteiger partial charge < -0.3 is 20.1 Å². The molecule has 1 fully saturated rings. The van der Waals surface area contributed by atoms with E-state index in [1.54, 1.807) is 11.0 Å². The lowest BCUT2D eigenvalue weighted by Gasteiger charge is -2.47. The molecular weight excluding hydrogens is 366 g/mol. The first-order valence-corrected chi connectivity index (χ1v) is 9.85. The van der Waals surface area contributed by atoms with E-state index in [4.69, 9.17) is 10.00 Å². The summed E-state index contributed by atoms with van der Waals surface area (Å²) in [6, 6.07) is 18.0. The molecule has 2 aromatic carbocycles. The summed E-state index contributed by atoms with van der Waals surface area (Å²) in [7, 11) is 1.52. The van der Waals surface area contributed by atoms with Crippen LogP contribution >= 0.6 is 0 Å². The molecule has 0 unspecified atom stereocenters. The Hall–Kier alpha value is -2.72. The molecule has 0 spiro atoms. The summed E-state index contributed by atoms with van der Waals surface area (Å²) in [6.45, 7) is 3.27. The number of benzene rings is 2. The van der Waals surface area contributed by atoms with E-state index in [2.05, 4.69) is 23.5 Å². The fourth-order valence-corrected chi connectivity index (χ4v) is 3.97. The number of methoxy groups -OCH3 is 1. The number of hydrogen-bond acceptors (Lipinski definition) is 5. The van der Waals surface area contributed by atoms with Gasteiger partial charge in [-0.2, -0.15) is 5.26 Å². The zero-order valence-electron chi connectivity index (χ0n) is 16.8. The summed E-state index contributed by atoms with van der Waals surface area (Å²) in [4.78, 5) is 14.0. The third-order valence-electron chi connectivity index (χ3n) is 5.53. The average molecular weight is 393 g/mol. The van der Waals surface area contributed by atoms with Crippen LogP contribution in [0.15, 0.2) is 48.5 Å². The maximum Gasteiger partial charge on any atom is 0.248 e. The maximum atomic E-state index is 12.2. The van der Waals surface area contributed by atoms with Gasteiger partial charge in [-0.25, -0.2) is 0 Å². The predicted molar refractivity (Wildman–Crippen MR) is 111 cm³/mol. The minimum Gasteiger partial charge on any atom is -0.395 e. The van der Waals surface area contributed by atoms with Crippen molar-refractivity contribution in [2.45, 2.75) is 24.9 Å². The molecule has 3 atom stereocenters. The third kappa shape index (κ3) is 4.65. The van der Waals surface area contributed by atoms with E-state index < -0.39 is 0 Å². The number of likely N-dealkylation sites (N-methyl/N-ethyl adjacent to an activating group) is 1. The molecule has 1 amide bonds. The number of carbonyl (C=O) groups is 1. The standard InChI is InChI=1S/C23H27N3O3/c1-3-26(22(28)15-29-2)13-20-23(21(14-27)25-20)18-9-7-17(8-10-18)19-6-4-5-16(11-19)12-24/h4-11,20-21,23,25,27H,3,13-15H2,1-2H3/t20-,21-,23+/m1/s1. The van der Waals surface area contributed by atoms with Crippen LogP contribution in [-0.4, -0.2) is 61.4 Å². The SMILES string of the molecule is CCN(C[C@H]1N[C@H](CO)[C@H]1c1ccc(-c2cccc(C#N)c2)cc1)C(=O)COC. The number of amides is 1. The third-order valence-corrected chi connectivity index (χ3v) is 5.53. The number of carbonyl (C=O) groups excluding carboxylic acids is 1. The highest BCUT2D eigenvalue weighted by Crippen LogP contribution is 2.34. The second kappa shape index (κ2) is 9.66. The molecule has 6 nitrogen and oxygen atoms in total. The van der Waals surface area contributed by atoms with E-state index in [0.717, 1.165) is 16.7 Å². The van der Waals surface area contributed by atoms with Gasteiger partial charge in [-0.15, -0.1) is 0 Å². The van der Waals surface area contributed by atoms with Gasteiger partial charge in [0.25, 0.3) is 0 Å². The fraction of sp³-hybridized carbons (Fsp3) is 0.391. The molecule has 29 heavy (non-hydrogen) atoms. The maximum absolute atomic E-state index is 12.2. The molecule has 152 valence electrons. The minimum atomic E-state index is -0.0317. The summed E-state index contributed by atoms with van der Waals surface area (Å²) >= 11 is 0. The number of nitrogens with one attached hydrogen (secondary N) is 1. The fourth-order valence-electron chi connectivity index (χ4n) is 3.97. The van der Waals surface area contributed by atoms with Crippen molar-refractivity contribution in [2.75, 3.05) is 33.4 Å². The Labute approximate surface area is 171 Å². The highest BCUT2D eigenvalue weighted by Gasteiger charge is 2.41. The Morgan fingerprint density at radius 1 is 1.21 bits per heavy atom. The van der Waals surface area contributed by atoms with Crippen molar-refractivity contribution < 1.29 is 14.6 Å². The van der Waals surface area contributed by atoms with Crippen LogP contribution in [0.5, 0.6) is 0 Å². The number of nitriles is 1. The lowest BCUT2D eigenvalue weighted by Crippen LogP contribution is -2.65. The van der Waals surface area contributed by atoms with Gasteiger partial charge in [0.05, 0.1) is 18.2 Å². The van der Waals surface area contributed by atoms with Crippen molar-refractivity contribution in [3.8, 4) is 17.2 Å². The zero-order valence-corrected chi connectivity index (χ0v) is 16.8. The van der Waals surface area contributed by atoms with Crippen LogP contribution in [0.1, 0.15) is 24.0 Å². The molecule has 0 aromatic heterocycles. The molecule has 1 aliphatic heterocycles. The highest BCUT2D eigenvalue weighted by molar-refractivity contribution is 5.77. The van der Waals surface area contributed by atoms with Crippen LogP contribution in [0.25, 0.3) is 11.1 Å². The van der Waals surface area contributed by atoms with Crippen molar-refractivity contribution in [3.63, 3.8) is 0 Å². The lowest BCUT2D eigenvalue weighted by atomic mass is 9.77. The van der Waals surface area contributed by atoms with Gasteiger partial charge in [-0.3, -0.25) is 4.79 Å². The highest BCUT2D eigenvalue weighted by atomic mass is 16.5. The number of rotatable bonds is 8. The smallest absolute Gasteiger partial charge is 0.248 e. The summed E-state index contributed by atoms with van der Waals surface area (Å²) in [5, 5.41) is 22.2. The molecule has 2 N–H and O–H groups in total. The molecule has 1 heterocycles. The second-order valence-corrected chi connectivity index (χ2v) is 7.27. The predicted octanol–water partition coefficient (Wildman–Crippen LogP) is 2.14. The van der Waals surface area contributed by atoms with Crippen molar-refractivity contribution in [1.82, 2.24) is 10.2 Å². The van der Waals surface area contributed by atoms with Crippen LogP contribution in [-0.2, 0) is 9.53 Å². The molecule has 3 rings (SSSR count). The molecule has 1 aliphatic rings. The number of ether oxygens (including phenoxy) is 1. The van der Waals surface area contributed by atoms with Gasteiger partial charge in [0.2, 0.25) is 5.91 Å². The minimum absolute atomic E-state index is 0.0241. The van der Waals surface area contributed by atoms with Gasteiger partial charge in [0.15, 0.2) is 0 Å². The van der Waals surface area contributed by atoms with Crippen LogP contribution < -0.4 is 5.32 Å². The molecule has 6 heteroatoms.